The van der Waals surface area contributed by atoms with Gasteiger partial charge in [0, 0.05) is 11.8 Å². The molecule has 25 heavy (non-hydrogen) atoms. The molecule has 0 fully saturated rings. The van der Waals surface area contributed by atoms with Crippen LogP contribution in [0.25, 0.3) is 0 Å². The predicted molar refractivity (Wildman–Crippen MR) is 93.5 cm³/mol. The van der Waals surface area contributed by atoms with Gasteiger partial charge in [0.25, 0.3) is 5.91 Å². The van der Waals surface area contributed by atoms with Gasteiger partial charge in [-0.15, -0.1) is 5.10 Å². The first-order valence-electron chi connectivity index (χ1n) is 7.37. The normalized spacial score (nSPS) is 13.0. The number of carbonyl (C=O) groups excluding carboxylic acids is 1. The van der Waals surface area contributed by atoms with Gasteiger partial charge < -0.3 is 9.73 Å². The van der Waals surface area contributed by atoms with Crippen molar-refractivity contribution in [2.75, 3.05) is 6.26 Å². The van der Waals surface area contributed by atoms with E-state index in [0.29, 0.717) is 17.0 Å². The first-order chi connectivity index (χ1) is 11.6. The maximum Gasteiger partial charge on any atom is 0.335 e. The lowest BCUT2D eigenvalue weighted by molar-refractivity contribution is 0.0923. The third-order valence-electron chi connectivity index (χ3n) is 3.23. The maximum atomic E-state index is 12.5. The molecule has 1 atom stereocenters. The summed E-state index contributed by atoms with van der Waals surface area (Å²) in [6.07, 6.45) is 1.45. The van der Waals surface area contributed by atoms with Crippen LogP contribution >= 0.6 is 23.2 Å². The molecule has 0 saturated carbocycles. The van der Waals surface area contributed by atoms with E-state index in [2.05, 4.69) is 15.5 Å². The molecule has 1 heterocycles. The van der Waals surface area contributed by atoms with Crippen LogP contribution in [0.3, 0.4) is 0 Å². The maximum absolute atomic E-state index is 12.5. The molecule has 2 aromatic rings. The van der Waals surface area contributed by atoms with Gasteiger partial charge in [0.2, 0.25) is 15.7 Å². The molecule has 10 heteroatoms. The molecule has 1 N–H and O–H groups in total. The average Bonchev–Trinajstić information content (AvgIpc) is 2.98. The van der Waals surface area contributed by atoms with Crippen molar-refractivity contribution >= 4 is 38.9 Å². The summed E-state index contributed by atoms with van der Waals surface area (Å²) in [6.45, 7) is 3.90. The Morgan fingerprint density at radius 1 is 1.24 bits per heavy atom. The summed E-state index contributed by atoms with van der Waals surface area (Å²) in [5, 5.41) is 10.2. The van der Waals surface area contributed by atoms with Crippen molar-refractivity contribution in [3.63, 3.8) is 0 Å². The largest absolute Gasteiger partial charge is 0.410 e. The Balaban J connectivity index is 2.27. The number of amides is 1. The Bertz CT molecular complexity index is 881. The third-order valence-corrected chi connectivity index (χ3v) is 4.77. The summed E-state index contributed by atoms with van der Waals surface area (Å²) in [7, 11) is -3.62. The fraction of sp³-hybridized carbons (Fsp3) is 0.400. The average molecular weight is 406 g/mol. The first kappa shape index (κ1) is 19.7. The van der Waals surface area contributed by atoms with Crippen molar-refractivity contribution in [3.8, 4) is 0 Å². The number of carbonyl (C=O) groups is 1. The van der Waals surface area contributed by atoms with E-state index in [0.717, 1.165) is 6.26 Å². The number of nitrogens with zero attached hydrogens (tertiary/aromatic N) is 2. The van der Waals surface area contributed by atoms with Crippen molar-refractivity contribution in [3.05, 3.63) is 39.7 Å². The van der Waals surface area contributed by atoms with Crippen molar-refractivity contribution in [1.29, 1.82) is 0 Å². The van der Waals surface area contributed by atoms with E-state index in [1.165, 1.54) is 18.2 Å². The summed E-state index contributed by atoms with van der Waals surface area (Å²) < 4.78 is 28.2. The van der Waals surface area contributed by atoms with Gasteiger partial charge in [0.1, 0.15) is 6.04 Å². The van der Waals surface area contributed by atoms with Gasteiger partial charge in [-0.1, -0.05) is 42.1 Å². The van der Waals surface area contributed by atoms with E-state index in [9.17, 15) is 13.2 Å². The molecule has 0 aliphatic carbocycles. The molecule has 0 spiro atoms. The van der Waals surface area contributed by atoms with Crippen LogP contribution in [0.5, 0.6) is 0 Å². The van der Waals surface area contributed by atoms with Crippen molar-refractivity contribution in [2.45, 2.75) is 31.5 Å². The number of nitrogens with one attached hydrogen (secondary N) is 1. The molecule has 1 amide bonds. The lowest BCUT2D eigenvalue weighted by Gasteiger charge is -2.17. The second-order valence-electron chi connectivity index (χ2n) is 5.96. The topological polar surface area (TPSA) is 102 Å². The number of benzene rings is 1. The molecular formula is C15H17Cl2N3O4S. The van der Waals surface area contributed by atoms with Crippen LogP contribution in [0.15, 0.2) is 27.8 Å². The summed E-state index contributed by atoms with van der Waals surface area (Å²) in [4.78, 5) is 12.5. The number of hydrogen-bond donors (Lipinski definition) is 1. The molecule has 0 bridgehead atoms. The van der Waals surface area contributed by atoms with Gasteiger partial charge in [-0.05, 0) is 30.5 Å². The fourth-order valence-electron chi connectivity index (χ4n) is 2.08. The molecule has 7 nitrogen and oxygen atoms in total. The van der Waals surface area contributed by atoms with E-state index < -0.39 is 27.0 Å². The molecule has 1 aromatic carbocycles. The SMILES string of the molecule is CC(C)C[C@H](NC(=O)c1ccc(Cl)c(Cl)c1)c1nnc(S(C)(=O)=O)o1. The number of halogens is 2. The lowest BCUT2D eigenvalue weighted by atomic mass is 10.0. The molecule has 0 unspecified atom stereocenters. The smallest absolute Gasteiger partial charge is 0.335 e. The highest BCUT2D eigenvalue weighted by Gasteiger charge is 2.25. The lowest BCUT2D eigenvalue weighted by Crippen LogP contribution is -2.29. The highest BCUT2D eigenvalue weighted by Crippen LogP contribution is 2.25. The van der Waals surface area contributed by atoms with Gasteiger partial charge in [-0.2, -0.15) is 0 Å². The van der Waals surface area contributed by atoms with E-state index >= 15 is 0 Å². The van der Waals surface area contributed by atoms with Gasteiger partial charge >= 0.3 is 5.22 Å². The fourth-order valence-corrected chi connectivity index (χ4v) is 2.81. The van der Waals surface area contributed by atoms with Gasteiger partial charge in [-0.25, -0.2) is 8.42 Å². The van der Waals surface area contributed by atoms with Crippen LogP contribution in [0, 0.1) is 5.92 Å². The van der Waals surface area contributed by atoms with Gasteiger partial charge in [0.05, 0.1) is 10.0 Å². The van der Waals surface area contributed by atoms with E-state index in [1.54, 1.807) is 0 Å². The highest BCUT2D eigenvalue weighted by molar-refractivity contribution is 7.90. The molecule has 0 aliphatic rings. The second kappa shape index (κ2) is 7.72. The Morgan fingerprint density at radius 2 is 1.92 bits per heavy atom. The standard InChI is InChI=1S/C15H17Cl2N3O4S/c1-8(2)6-12(14-19-20-15(24-14)25(3,22)23)18-13(21)9-4-5-10(16)11(17)7-9/h4-5,7-8,12H,6H2,1-3H3,(H,18,21)/t12-/m0/s1. The molecular weight excluding hydrogens is 389 g/mol. The summed E-state index contributed by atoms with van der Waals surface area (Å²) in [5.74, 6) is -0.196. The zero-order valence-corrected chi connectivity index (χ0v) is 16.1. The molecule has 0 aliphatic heterocycles. The van der Waals surface area contributed by atoms with Crippen LogP contribution in [-0.4, -0.2) is 30.8 Å². The van der Waals surface area contributed by atoms with Crippen LogP contribution in [-0.2, 0) is 9.84 Å². The van der Waals surface area contributed by atoms with Crippen molar-refractivity contribution in [1.82, 2.24) is 15.5 Å². The summed E-state index contributed by atoms with van der Waals surface area (Å²) in [6, 6.07) is 3.86. The first-order valence-corrected chi connectivity index (χ1v) is 10.0. The Morgan fingerprint density at radius 3 is 2.44 bits per heavy atom. The molecule has 0 radical (unpaired) electrons. The number of hydrogen-bond acceptors (Lipinski definition) is 6. The Kier molecular flexibility index (Phi) is 6.08. The van der Waals surface area contributed by atoms with Crippen LogP contribution in [0.1, 0.15) is 42.6 Å². The van der Waals surface area contributed by atoms with E-state index in [4.69, 9.17) is 27.6 Å². The quantitative estimate of drug-likeness (QED) is 0.790. The zero-order chi connectivity index (χ0) is 18.8. The van der Waals surface area contributed by atoms with E-state index in [1.807, 2.05) is 13.8 Å². The van der Waals surface area contributed by atoms with Crippen molar-refractivity contribution in [2.24, 2.45) is 5.92 Å². The molecule has 1 aromatic heterocycles. The van der Waals surface area contributed by atoms with Crippen molar-refractivity contribution < 1.29 is 17.6 Å². The van der Waals surface area contributed by atoms with Crippen LogP contribution in [0.2, 0.25) is 10.0 Å². The second-order valence-corrected chi connectivity index (χ2v) is 8.67. The summed E-state index contributed by atoms with van der Waals surface area (Å²) >= 11 is 11.8. The van der Waals surface area contributed by atoms with Gasteiger partial charge in [-0.3, -0.25) is 4.79 Å². The van der Waals surface area contributed by atoms with Gasteiger partial charge in [0.15, 0.2) is 0 Å². The van der Waals surface area contributed by atoms with E-state index in [-0.39, 0.29) is 16.8 Å². The minimum Gasteiger partial charge on any atom is -0.410 e. The Hall–Kier alpha value is -1.64. The molecule has 136 valence electrons. The molecule has 0 saturated heterocycles. The Labute approximate surface area is 155 Å². The summed E-state index contributed by atoms with van der Waals surface area (Å²) in [5.41, 5.74) is 0.311. The zero-order valence-electron chi connectivity index (χ0n) is 13.8. The monoisotopic (exact) mass is 405 g/mol. The number of aromatic nitrogens is 2. The van der Waals surface area contributed by atoms with Crippen LogP contribution in [0.4, 0.5) is 0 Å². The minimum absolute atomic E-state index is 0.0301. The predicted octanol–water partition coefficient (Wildman–Crippen LogP) is 3.30. The number of sulfone groups is 1. The minimum atomic E-state index is -3.62. The highest BCUT2D eigenvalue weighted by atomic mass is 35.5. The molecule has 2 rings (SSSR count). The number of rotatable bonds is 6. The van der Waals surface area contributed by atoms with Crippen LogP contribution < -0.4 is 5.32 Å². The third kappa shape index (κ3) is 5.17.